The van der Waals surface area contributed by atoms with Gasteiger partial charge in [-0.05, 0) is 36.7 Å². The molecule has 3 heterocycles. The van der Waals surface area contributed by atoms with Crippen molar-refractivity contribution in [1.82, 2.24) is 9.88 Å². The number of H-pyrrole nitrogens is 1. The Morgan fingerprint density at radius 2 is 2.31 bits per heavy atom. The predicted molar refractivity (Wildman–Crippen MR) is 60.9 cm³/mol. The van der Waals surface area contributed by atoms with Crippen LogP contribution < -0.4 is 0 Å². The lowest BCUT2D eigenvalue weighted by Gasteiger charge is -2.22. The van der Waals surface area contributed by atoms with Crippen molar-refractivity contribution in [3.05, 3.63) is 35.3 Å². The third-order valence-corrected chi connectivity index (χ3v) is 3.94. The van der Waals surface area contributed by atoms with Gasteiger partial charge < -0.3 is 4.98 Å². The van der Waals surface area contributed by atoms with Crippen LogP contribution >= 0.6 is 0 Å². The predicted octanol–water partition coefficient (Wildman–Crippen LogP) is 2.61. The average Bonchev–Trinajstić information content (AvgIpc) is 2.81. The van der Waals surface area contributed by atoms with Crippen molar-refractivity contribution in [1.29, 1.82) is 0 Å². The number of nitrogens with one attached hydrogen (secondary N) is 1. The Morgan fingerprint density at radius 1 is 1.38 bits per heavy atom. The average molecular weight is 216 g/mol. The van der Waals surface area contributed by atoms with E-state index in [0.29, 0.717) is 5.92 Å². The molecule has 2 unspecified atom stereocenters. The Labute approximate surface area is 93.1 Å². The summed E-state index contributed by atoms with van der Waals surface area (Å²) in [5.74, 6) is 0.481. The van der Waals surface area contributed by atoms with Gasteiger partial charge in [-0.15, -0.1) is 0 Å². The highest BCUT2D eigenvalue weighted by atomic mass is 19.1. The van der Waals surface area contributed by atoms with E-state index in [9.17, 15) is 4.39 Å². The van der Waals surface area contributed by atoms with Gasteiger partial charge in [0.15, 0.2) is 0 Å². The molecule has 2 atom stereocenters. The summed E-state index contributed by atoms with van der Waals surface area (Å²) >= 11 is 0. The molecule has 3 heteroatoms. The first kappa shape index (κ1) is 8.76. The first-order valence-corrected chi connectivity index (χ1v) is 5.83. The lowest BCUT2D eigenvalue weighted by atomic mass is 9.93. The highest BCUT2D eigenvalue weighted by Crippen LogP contribution is 2.40. The van der Waals surface area contributed by atoms with Crippen molar-refractivity contribution in [2.24, 2.45) is 0 Å². The molecular weight excluding hydrogens is 203 g/mol. The molecule has 2 aliphatic rings. The summed E-state index contributed by atoms with van der Waals surface area (Å²) in [7, 11) is 0. The molecule has 2 bridgehead atoms. The number of hydrogen-bond donors (Lipinski definition) is 1. The highest BCUT2D eigenvalue weighted by Gasteiger charge is 2.33. The summed E-state index contributed by atoms with van der Waals surface area (Å²) in [4.78, 5) is 5.91. The molecule has 16 heavy (non-hydrogen) atoms. The summed E-state index contributed by atoms with van der Waals surface area (Å²) in [6, 6.07) is 5.06. The molecule has 1 N–H and O–H groups in total. The van der Waals surface area contributed by atoms with Gasteiger partial charge in [0.05, 0.1) is 0 Å². The largest absolute Gasteiger partial charge is 0.357 e. The van der Waals surface area contributed by atoms with Crippen molar-refractivity contribution in [2.45, 2.75) is 18.9 Å². The van der Waals surface area contributed by atoms with Crippen LogP contribution in [0.4, 0.5) is 4.39 Å². The van der Waals surface area contributed by atoms with Crippen LogP contribution in [0.5, 0.6) is 0 Å². The SMILES string of the molecule is Fc1ccc2[nH]c3c(c2c1)C1CCN(C3)C1. The molecule has 1 aromatic heterocycles. The second kappa shape index (κ2) is 2.86. The van der Waals surface area contributed by atoms with Crippen LogP contribution in [0.3, 0.4) is 0 Å². The topological polar surface area (TPSA) is 19.0 Å². The Balaban J connectivity index is 2.03. The van der Waals surface area contributed by atoms with Crippen molar-refractivity contribution >= 4 is 10.9 Å². The van der Waals surface area contributed by atoms with Gasteiger partial charge in [-0.1, -0.05) is 0 Å². The number of hydrogen-bond acceptors (Lipinski definition) is 1. The minimum Gasteiger partial charge on any atom is -0.357 e. The van der Waals surface area contributed by atoms with Crippen molar-refractivity contribution in [3.8, 4) is 0 Å². The fourth-order valence-corrected chi connectivity index (χ4v) is 3.27. The van der Waals surface area contributed by atoms with Gasteiger partial charge in [-0.2, -0.15) is 0 Å². The Bertz CT molecular complexity index is 573. The molecule has 4 rings (SSSR count). The number of rotatable bonds is 0. The summed E-state index contributed by atoms with van der Waals surface area (Å²) in [6.07, 6.45) is 1.22. The second-order valence-corrected chi connectivity index (χ2v) is 4.93. The maximum Gasteiger partial charge on any atom is 0.123 e. The monoisotopic (exact) mass is 216 g/mol. The van der Waals surface area contributed by atoms with Gasteiger partial charge in [-0.3, -0.25) is 4.90 Å². The molecule has 0 radical (unpaired) electrons. The van der Waals surface area contributed by atoms with Crippen LogP contribution in [0.1, 0.15) is 23.6 Å². The maximum atomic E-state index is 13.3. The number of fused-ring (bicyclic) bond motifs is 6. The van der Waals surface area contributed by atoms with Gasteiger partial charge in [-0.25, -0.2) is 4.39 Å². The minimum absolute atomic E-state index is 0.130. The molecule has 0 spiro atoms. The van der Waals surface area contributed by atoms with E-state index in [1.54, 1.807) is 6.07 Å². The summed E-state index contributed by atoms with van der Waals surface area (Å²) < 4.78 is 13.3. The van der Waals surface area contributed by atoms with E-state index in [2.05, 4.69) is 9.88 Å². The first-order valence-electron chi connectivity index (χ1n) is 5.83. The Hall–Kier alpha value is -1.35. The molecule has 82 valence electrons. The van der Waals surface area contributed by atoms with Crippen molar-refractivity contribution in [3.63, 3.8) is 0 Å². The zero-order valence-corrected chi connectivity index (χ0v) is 8.96. The molecule has 1 saturated heterocycles. The minimum atomic E-state index is -0.130. The van der Waals surface area contributed by atoms with E-state index in [1.807, 2.05) is 6.07 Å². The quantitative estimate of drug-likeness (QED) is 0.717. The lowest BCUT2D eigenvalue weighted by molar-refractivity contribution is 0.310. The number of benzene rings is 1. The van der Waals surface area contributed by atoms with Crippen molar-refractivity contribution in [2.75, 3.05) is 13.1 Å². The zero-order valence-electron chi connectivity index (χ0n) is 8.96. The normalized spacial score (nSPS) is 27.3. The second-order valence-electron chi connectivity index (χ2n) is 4.93. The van der Waals surface area contributed by atoms with Gasteiger partial charge in [0.25, 0.3) is 0 Å². The van der Waals surface area contributed by atoms with E-state index in [1.165, 1.54) is 30.3 Å². The number of halogens is 1. The van der Waals surface area contributed by atoms with Gasteiger partial charge in [0.2, 0.25) is 0 Å². The Morgan fingerprint density at radius 3 is 3.25 bits per heavy atom. The van der Waals surface area contributed by atoms with E-state index < -0.39 is 0 Å². The standard InChI is InChI=1S/C13H13FN2/c14-9-1-2-11-10(5-9)13-8-3-4-16(6-8)7-12(13)15-11/h1-2,5,8,15H,3-4,6-7H2. The molecule has 1 aromatic carbocycles. The molecule has 2 aromatic rings. The number of aromatic nitrogens is 1. The molecule has 0 aliphatic carbocycles. The molecule has 2 nitrogen and oxygen atoms in total. The van der Waals surface area contributed by atoms with E-state index >= 15 is 0 Å². The van der Waals surface area contributed by atoms with Crippen LogP contribution in [-0.2, 0) is 6.54 Å². The lowest BCUT2D eigenvalue weighted by Crippen LogP contribution is -2.24. The number of nitrogens with zero attached hydrogens (tertiary/aromatic N) is 1. The number of aromatic amines is 1. The van der Waals surface area contributed by atoms with E-state index in [4.69, 9.17) is 0 Å². The van der Waals surface area contributed by atoms with E-state index in [0.717, 1.165) is 24.0 Å². The smallest absolute Gasteiger partial charge is 0.123 e. The fraction of sp³-hybridized carbons (Fsp3) is 0.385. The van der Waals surface area contributed by atoms with Gasteiger partial charge in [0.1, 0.15) is 5.82 Å². The summed E-state index contributed by atoms with van der Waals surface area (Å²) in [5.41, 5.74) is 3.76. The van der Waals surface area contributed by atoms with Crippen LogP contribution in [0.2, 0.25) is 0 Å². The molecule has 2 aliphatic heterocycles. The maximum absolute atomic E-state index is 13.3. The van der Waals surface area contributed by atoms with Crippen LogP contribution in [0.25, 0.3) is 10.9 Å². The molecule has 0 saturated carbocycles. The molecule has 1 fully saturated rings. The third kappa shape index (κ3) is 1.04. The summed E-state index contributed by atoms with van der Waals surface area (Å²) in [6.45, 7) is 3.34. The summed E-state index contributed by atoms with van der Waals surface area (Å²) in [5, 5.41) is 1.10. The van der Waals surface area contributed by atoms with Crippen molar-refractivity contribution < 1.29 is 4.39 Å². The van der Waals surface area contributed by atoms with Gasteiger partial charge in [0, 0.05) is 35.6 Å². The molecular formula is C13H13FN2. The van der Waals surface area contributed by atoms with Crippen LogP contribution in [0, 0.1) is 5.82 Å². The third-order valence-electron chi connectivity index (χ3n) is 3.94. The first-order chi connectivity index (χ1) is 7.81. The van der Waals surface area contributed by atoms with Gasteiger partial charge >= 0.3 is 0 Å². The fourth-order valence-electron chi connectivity index (χ4n) is 3.27. The molecule has 0 amide bonds. The van der Waals surface area contributed by atoms with E-state index in [-0.39, 0.29) is 5.82 Å². The zero-order chi connectivity index (χ0) is 10.7. The Kier molecular flexibility index (Phi) is 1.56. The van der Waals surface area contributed by atoms with Crippen LogP contribution in [0.15, 0.2) is 18.2 Å². The highest BCUT2D eigenvalue weighted by molar-refractivity contribution is 5.85. The van der Waals surface area contributed by atoms with Crippen LogP contribution in [-0.4, -0.2) is 23.0 Å².